The number of ketones is 1. The number of benzene rings is 1. The maximum atomic E-state index is 11.9. The Morgan fingerprint density at radius 2 is 1.61 bits per heavy atom. The van der Waals surface area contributed by atoms with Gasteiger partial charge in [-0.15, -0.1) is 0 Å². The highest BCUT2D eigenvalue weighted by Crippen LogP contribution is 2.17. The molecule has 0 spiro atoms. The van der Waals surface area contributed by atoms with Crippen molar-refractivity contribution in [3.8, 4) is 0 Å². The van der Waals surface area contributed by atoms with E-state index >= 15 is 0 Å². The average molecular weight is 266 g/mol. The molecule has 0 N–H and O–H groups in total. The zero-order valence-electron chi connectivity index (χ0n) is 11.1. The van der Waals surface area contributed by atoms with Crippen LogP contribution in [0.15, 0.2) is 40.6 Å². The predicted molar refractivity (Wildman–Crippen MR) is 72.0 cm³/mol. The third-order valence-corrected chi connectivity index (χ3v) is 3.91. The number of carbonyl (C=O) groups excluding carboxylic acids is 1. The molecule has 98 valence electrons. The largest absolute Gasteiger partial charge is 0.294 e. The average Bonchev–Trinajstić information content (AvgIpc) is 2.25. The number of allylic oxidation sites excluding steroid dienone is 1. The molecule has 0 saturated carbocycles. The molecule has 4 heteroatoms. The van der Waals surface area contributed by atoms with E-state index in [0.717, 1.165) is 17.0 Å². The van der Waals surface area contributed by atoms with Crippen molar-refractivity contribution >= 4 is 15.6 Å². The number of sulfone groups is 1. The fourth-order valence-corrected chi connectivity index (χ4v) is 2.18. The molecule has 1 aromatic rings. The molecule has 0 aliphatic rings. The van der Waals surface area contributed by atoms with Crippen molar-refractivity contribution in [2.24, 2.45) is 5.41 Å². The Hall–Kier alpha value is -1.42. The summed E-state index contributed by atoms with van der Waals surface area (Å²) in [7, 11) is -3.53. The molecule has 0 unspecified atom stereocenters. The highest BCUT2D eigenvalue weighted by atomic mass is 32.2. The molecule has 3 nitrogen and oxygen atoms in total. The summed E-state index contributed by atoms with van der Waals surface area (Å²) in [6.07, 6.45) is 1.13. The quantitative estimate of drug-likeness (QED) is 0.790. The van der Waals surface area contributed by atoms with E-state index in [-0.39, 0.29) is 10.7 Å². The summed E-state index contributed by atoms with van der Waals surface area (Å²) >= 11 is 0. The lowest BCUT2D eigenvalue weighted by Gasteiger charge is -2.12. The van der Waals surface area contributed by atoms with Gasteiger partial charge in [-0.05, 0) is 25.1 Å². The molecule has 0 aromatic heterocycles. The third-order valence-electron chi connectivity index (χ3n) is 2.49. The fourth-order valence-electron chi connectivity index (χ4n) is 1.21. The molecule has 1 rings (SSSR count). The Kier molecular flexibility index (Phi) is 4.12. The summed E-state index contributed by atoms with van der Waals surface area (Å²) in [5.41, 5.74) is 0.419. The summed E-state index contributed by atoms with van der Waals surface area (Å²) < 4.78 is 23.9. The number of hydrogen-bond acceptors (Lipinski definition) is 3. The van der Waals surface area contributed by atoms with E-state index in [1.54, 1.807) is 32.9 Å². The molecule has 0 fully saturated rings. The molecule has 0 saturated heterocycles. The smallest absolute Gasteiger partial charge is 0.199 e. The normalized spacial score (nSPS) is 12.9. The Bertz CT molecular complexity index is 558. The van der Waals surface area contributed by atoms with Crippen molar-refractivity contribution in [2.45, 2.75) is 32.6 Å². The molecule has 0 aliphatic carbocycles. The lowest BCUT2D eigenvalue weighted by molar-refractivity contribution is -0.121. The minimum atomic E-state index is -3.53. The summed E-state index contributed by atoms with van der Waals surface area (Å²) in [6.45, 7) is 7.13. The predicted octanol–water partition coefficient (Wildman–Crippen LogP) is 2.90. The fraction of sp³-hybridized carbons (Fsp3) is 0.357. The van der Waals surface area contributed by atoms with Gasteiger partial charge in [0, 0.05) is 10.8 Å². The van der Waals surface area contributed by atoms with Gasteiger partial charge in [-0.25, -0.2) is 8.42 Å². The topological polar surface area (TPSA) is 51.2 Å². The molecule has 18 heavy (non-hydrogen) atoms. The lowest BCUT2D eigenvalue weighted by atomic mass is 9.91. The zero-order valence-corrected chi connectivity index (χ0v) is 11.9. The Morgan fingerprint density at radius 3 is 2.06 bits per heavy atom. The third kappa shape index (κ3) is 3.81. The minimum absolute atomic E-state index is 0.200. The number of carbonyl (C=O) groups is 1. The Balaban J connectivity index is 3.00. The summed E-state index contributed by atoms with van der Waals surface area (Å²) in [6, 6.07) is 6.53. The second-order valence-electron chi connectivity index (χ2n) is 5.28. The molecule has 0 atom stereocenters. The Labute approximate surface area is 108 Å². The molecule has 0 bridgehead atoms. The van der Waals surface area contributed by atoms with Gasteiger partial charge in [-0.2, -0.15) is 0 Å². The lowest BCUT2D eigenvalue weighted by Crippen LogP contribution is -2.17. The first-order valence-electron chi connectivity index (χ1n) is 5.67. The van der Waals surface area contributed by atoms with Gasteiger partial charge in [0.2, 0.25) is 0 Å². The van der Waals surface area contributed by atoms with E-state index in [9.17, 15) is 13.2 Å². The van der Waals surface area contributed by atoms with Crippen molar-refractivity contribution in [3.63, 3.8) is 0 Å². The maximum absolute atomic E-state index is 11.9. The van der Waals surface area contributed by atoms with E-state index in [2.05, 4.69) is 0 Å². The number of hydrogen-bond donors (Lipinski definition) is 0. The zero-order chi connectivity index (χ0) is 14.0. The summed E-state index contributed by atoms with van der Waals surface area (Å²) in [4.78, 5) is 11.8. The first-order valence-corrected chi connectivity index (χ1v) is 7.22. The van der Waals surface area contributed by atoms with Gasteiger partial charge in [-0.1, -0.05) is 38.5 Å². The Morgan fingerprint density at radius 1 is 1.11 bits per heavy atom. The van der Waals surface area contributed by atoms with Gasteiger partial charge in [0.1, 0.15) is 0 Å². The van der Waals surface area contributed by atoms with Crippen LogP contribution >= 0.6 is 0 Å². The monoisotopic (exact) mass is 266 g/mol. The highest BCUT2D eigenvalue weighted by Gasteiger charge is 2.19. The molecular formula is C14H18O3S. The van der Waals surface area contributed by atoms with Crippen molar-refractivity contribution in [1.82, 2.24) is 0 Å². The van der Waals surface area contributed by atoms with Crippen LogP contribution in [0.5, 0.6) is 0 Å². The molecule has 0 aliphatic heterocycles. The van der Waals surface area contributed by atoms with Crippen molar-refractivity contribution in [1.29, 1.82) is 0 Å². The van der Waals surface area contributed by atoms with Crippen LogP contribution in [0.4, 0.5) is 0 Å². The number of rotatable bonds is 3. The van der Waals surface area contributed by atoms with Crippen LogP contribution in [0, 0.1) is 12.3 Å². The van der Waals surface area contributed by atoms with Crippen molar-refractivity contribution in [3.05, 3.63) is 41.3 Å². The van der Waals surface area contributed by atoms with Crippen LogP contribution in [0.25, 0.3) is 0 Å². The van der Waals surface area contributed by atoms with Crippen molar-refractivity contribution < 1.29 is 13.2 Å². The second-order valence-corrected chi connectivity index (χ2v) is 7.11. The first kappa shape index (κ1) is 14.6. The van der Waals surface area contributed by atoms with Crippen LogP contribution in [0.3, 0.4) is 0 Å². The van der Waals surface area contributed by atoms with E-state index < -0.39 is 15.3 Å². The second kappa shape index (κ2) is 5.06. The van der Waals surface area contributed by atoms with Gasteiger partial charge >= 0.3 is 0 Å². The van der Waals surface area contributed by atoms with Crippen LogP contribution in [-0.2, 0) is 14.6 Å². The van der Waals surface area contributed by atoms with E-state index in [4.69, 9.17) is 0 Å². The molecule has 0 radical (unpaired) electrons. The van der Waals surface area contributed by atoms with Gasteiger partial charge in [-0.3, -0.25) is 4.79 Å². The molecule has 0 heterocycles. The van der Waals surface area contributed by atoms with Gasteiger partial charge in [0.05, 0.1) is 4.90 Å². The number of aryl methyl sites for hydroxylation is 1. The molecule has 1 aromatic carbocycles. The first-order chi connectivity index (χ1) is 8.13. The van der Waals surface area contributed by atoms with Gasteiger partial charge in [0.25, 0.3) is 0 Å². The van der Waals surface area contributed by atoms with Crippen LogP contribution in [0.2, 0.25) is 0 Å². The SMILES string of the molecule is Cc1ccc(S(=O)(=O)/C=C\C(=O)C(C)(C)C)cc1. The van der Waals surface area contributed by atoms with E-state index in [0.29, 0.717) is 0 Å². The summed E-state index contributed by atoms with van der Waals surface area (Å²) in [5.74, 6) is -0.210. The van der Waals surface area contributed by atoms with Gasteiger partial charge < -0.3 is 0 Å². The van der Waals surface area contributed by atoms with Crippen LogP contribution in [0.1, 0.15) is 26.3 Å². The van der Waals surface area contributed by atoms with Crippen LogP contribution in [-0.4, -0.2) is 14.2 Å². The van der Waals surface area contributed by atoms with Gasteiger partial charge in [0.15, 0.2) is 15.6 Å². The molecule has 0 amide bonds. The van der Waals surface area contributed by atoms with E-state index in [1.165, 1.54) is 12.1 Å². The molecular weight excluding hydrogens is 248 g/mol. The van der Waals surface area contributed by atoms with E-state index in [1.807, 2.05) is 6.92 Å². The van der Waals surface area contributed by atoms with Crippen LogP contribution < -0.4 is 0 Å². The maximum Gasteiger partial charge on any atom is 0.199 e. The minimum Gasteiger partial charge on any atom is -0.294 e. The highest BCUT2D eigenvalue weighted by molar-refractivity contribution is 7.94. The summed E-state index contributed by atoms with van der Waals surface area (Å²) in [5, 5.41) is 0.977. The standard InChI is InChI=1S/C14H18O3S/c1-11-5-7-12(8-6-11)18(16,17)10-9-13(15)14(2,3)4/h5-10H,1-4H3/b10-9-. The van der Waals surface area contributed by atoms with Crippen molar-refractivity contribution in [2.75, 3.05) is 0 Å².